The maximum absolute atomic E-state index is 12.8. The van der Waals surface area contributed by atoms with Crippen molar-refractivity contribution in [2.24, 2.45) is 5.73 Å². The third kappa shape index (κ3) is 2.53. The smallest absolute Gasteiger partial charge is 0.123 e. The normalized spacial score (nSPS) is 14.6. The van der Waals surface area contributed by atoms with Gasteiger partial charge in [-0.25, -0.2) is 4.39 Å². The van der Waals surface area contributed by atoms with Crippen molar-refractivity contribution < 1.29 is 4.39 Å². The second kappa shape index (κ2) is 4.67. The molecular weight excluding hydrogens is 217 g/mol. The minimum absolute atomic E-state index is 0.0363. The van der Waals surface area contributed by atoms with Crippen molar-refractivity contribution in [3.8, 4) is 0 Å². The summed E-state index contributed by atoms with van der Waals surface area (Å²) in [6.07, 6.45) is 3.75. The molecule has 0 fully saturated rings. The maximum Gasteiger partial charge on any atom is 0.123 e. The van der Waals surface area contributed by atoms with Gasteiger partial charge in [0.1, 0.15) is 5.82 Å². The molecule has 2 unspecified atom stereocenters. The monoisotopic (exact) mass is 233 g/mol. The lowest BCUT2D eigenvalue weighted by molar-refractivity contribution is 0.414. The lowest BCUT2D eigenvalue weighted by Crippen LogP contribution is -2.22. The van der Waals surface area contributed by atoms with E-state index in [9.17, 15) is 4.39 Å². The topological polar surface area (TPSA) is 43.8 Å². The summed E-state index contributed by atoms with van der Waals surface area (Å²) in [4.78, 5) is 0. The molecule has 2 atom stereocenters. The molecule has 0 radical (unpaired) electrons. The van der Waals surface area contributed by atoms with Crippen LogP contribution >= 0.6 is 0 Å². The molecule has 4 heteroatoms. The minimum Gasteiger partial charge on any atom is -0.322 e. The molecule has 1 heterocycles. The van der Waals surface area contributed by atoms with E-state index in [1.165, 1.54) is 12.1 Å². The summed E-state index contributed by atoms with van der Waals surface area (Å²) in [7, 11) is 0. The Morgan fingerprint density at radius 2 is 1.94 bits per heavy atom. The summed E-state index contributed by atoms with van der Waals surface area (Å²) in [5.74, 6) is -0.247. The maximum atomic E-state index is 12.8. The van der Waals surface area contributed by atoms with Crippen LogP contribution in [0.5, 0.6) is 0 Å². The Kier molecular flexibility index (Phi) is 3.24. The number of hydrogen-bond acceptors (Lipinski definition) is 2. The first-order valence-corrected chi connectivity index (χ1v) is 5.59. The first-order chi connectivity index (χ1) is 8.08. The molecule has 2 N–H and O–H groups in total. The van der Waals surface area contributed by atoms with Gasteiger partial charge in [-0.1, -0.05) is 12.1 Å². The largest absolute Gasteiger partial charge is 0.322 e. The van der Waals surface area contributed by atoms with E-state index >= 15 is 0 Å². The molecule has 3 nitrogen and oxygen atoms in total. The van der Waals surface area contributed by atoms with E-state index in [2.05, 4.69) is 5.10 Å². The van der Waals surface area contributed by atoms with Crippen LogP contribution in [-0.2, 0) is 0 Å². The van der Waals surface area contributed by atoms with Crippen molar-refractivity contribution in [2.75, 3.05) is 0 Å². The predicted octanol–water partition coefficient (Wildman–Crippen LogP) is 2.59. The van der Waals surface area contributed by atoms with Crippen LogP contribution in [0.3, 0.4) is 0 Å². The summed E-state index contributed by atoms with van der Waals surface area (Å²) in [5.41, 5.74) is 8.16. The van der Waals surface area contributed by atoms with Gasteiger partial charge >= 0.3 is 0 Å². The summed E-state index contributed by atoms with van der Waals surface area (Å²) < 4.78 is 14.7. The van der Waals surface area contributed by atoms with Gasteiger partial charge < -0.3 is 5.73 Å². The fourth-order valence-corrected chi connectivity index (χ4v) is 1.78. The number of aryl methyl sites for hydroxylation is 1. The zero-order valence-corrected chi connectivity index (χ0v) is 9.97. The molecule has 1 aromatic heterocycles. The molecule has 90 valence electrons. The number of nitrogens with zero attached hydrogens (tertiary/aromatic N) is 2. The van der Waals surface area contributed by atoms with E-state index in [1.54, 1.807) is 18.3 Å². The Bertz CT molecular complexity index is 490. The summed E-state index contributed by atoms with van der Waals surface area (Å²) in [6, 6.07) is 6.12. The van der Waals surface area contributed by atoms with Gasteiger partial charge in [0.2, 0.25) is 0 Å². The van der Waals surface area contributed by atoms with E-state index in [0.29, 0.717) is 0 Å². The molecule has 0 aliphatic carbocycles. The van der Waals surface area contributed by atoms with Crippen molar-refractivity contribution in [1.82, 2.24) is 9.78 Å². The van der Waals surface area contributed by atoms with Crippen LogP contribution in [0.1, 0.15) is 30.1 Å². The second-order valence-corrected chi connectivity index (χ2v) is 4.32. The quantitative estimate of drug-likeness (QED) is 0.885. The number of halogens is 1. The van der Waals surface area contributed by atoms with Gasteiger partial charge in [0, 0.05) is 6.20 Å². The molecule has 0 aliphatic rings. The van der Waals surface area contributed by atoms with Crippen LogP contribution in [0.2, 0.25) is 0 Å². The van der Waals surface area contributed by atoms with Gasteiger partial charge in [-0.05, 0) is 37.1 Å². The van der Waals surface area contributed by atoms with Gasteiger partial charge in [0.25, 0.3) is 0 Å². The van der Waals surface area contributed by atoms with Crippen molar-refractivity contribution in [1.29, 1.82) is 0 Å². The summed E-state index contributed by atoms with van der Waals surface area (Å²) in [5, 5.41) is 4.24. The van der Waals surface area contributed by atoms with Crippen LogP contribution in [0, 0.1) is 12.7 Å². The van der Waals surface area contributed by atoms with E-state index < -0.39 is 0 Å². The summed E-state index contributed by atoms with van der Waals surface area (Å²) in [6.45, 7) is 3.99. The molecular formula is C13H16FN3. The first-order valence-electron chi connectivity index (χ1n) is 5.59. The fourth-order valence-electron chi connectivity index (χ4n) is 1.78. The van der Waals surface area contributed by atoms with E-state index in [0.717, 1.165) is 11.1 Å². The third-order valence-electron chi connectivity index (χ3n) is 2.92. The van der Waals surface area contributed by atoms with Gasteiger partial charge in [0.15, 0.2) is 0 Å². The zero-order chi connectivity index (χ0) is 12.4. The molecule has 17 heavy (non-hydrogen) atoms. The van der Waals surface area contributed by atoms with Crippen LogP contribution in [0.15, 0.2) is 36.7 Å². The SMILES string of the molecule is Cc1cnn(C(C)C(N)c2ccc(F)cc2)c1. The lowest BCUT2D eigenvalue weighted by atomic mass is 10.0. The highest BCUT2D eigenvalue weighted by atomic mass is 19.1. The predicted molar refractivity (Wildman–Crippen MR) is 65.0 cm³/mol. The minimum atomic E-state index is -0.247. The Hall–Kier alpha value is -1.68. The molecule has 2 rings (SSSR count). The van der Waals surface area contributed by atoms with Crippen molar-refractivity contribution in [2.45, 2.75) is 25.9 Å². The molecule has 0 spiro atoms. The second-order valence-electron chi connectivity index (χ2n) is 4.32. The number of rotatable bonds is 3. The third-order valence-corrected chi connectivity index (χ3v) is 2.92. The summed E-state index contributed by atoms with van der Waals surface area (Å²) >= 11 is 0. The van der Waals surface area contributed by atoms with Crippen LogP contribution < -0.4 is 5.73 Å². The highest BCUT2D eigenvalue weighted by Gasteiger charge is 2.17. The highest BCUT2D eigenvalue weighted by molar-refractivity contribution is 5.20. The van der Waals surface area contributed by atoms with Crippen LogP contribution in [0.25, 0.3) is 0 Å². The first kappa shape index (κ1) is 11.8. The van der Waals surface area contributed by atoms with Crippen LogP contribution in [-0.4, -0.2) is 9.78 Å². The van der Waals surface area contributed by atoms with E-state index in [-0.39, 0.29) is 17.9 Å². The Labute approximate surface area is 100 Å². The van der Waals surface area contributed by atoms with Crippen molar-refractivity contribution in [3.05, 3.63) is 53.6 Å². The molecule has 0 amide bonds. The van der Waals surface area contributed by atoms with Crippen molar-refractivity contribution >= 4 is 0 Å². The van der Waals surface area contributed by atoms with E-state index in [4.69, 9.17) is 5.73 Å². The Morgan fingerprint density at radius 1 is 1.29 bits per heavy atom. The standard InChI is InChI=1S/C13H16FN3/c1-9-7-16-17(8-9)10(2)13(15)11-3-5-12(14)6-4-11/h3-8,10,13H,15H2,1-2H3. The van der Waals surface area contributed by atoms with Crippen LogP contribution in [0.4, 0.5) is 4.39 Å². The number of aromatic nitrogens is 2. The Balaban J connectivity index is 2.19. The number of benzene rings is 1. The van der Waals surface area contributed by atoms with Gasteiger partial charge in [-0.15, -0.1) is 0 Å². The van der Waals surface area contributed by atoms with Crippen molar-refractivity contribution in [3.63, 3.8) is 0 Å². The zero-order valence-electron chi connectivity index (χ0n) is 9.97. The van der Waals surface area contributed by atoms with Gasteiger partial charge in [-0.3, -0.25) is 4.68 Å². The molecule has 2 aromatic rings. The number of hydrogen-bond donors (Lipinski definition) is 1. The lowest BCUT2D eigenvalue weighted by Gasteiger charge is -2.20. The Morgan fingerprint density at radius 3 is 2.47 bits per heavy atom. The molecule has 0 saturated carbocycles. The van der Waals surface area contributed by atoms with Gasteiger partial charge in [0.05, 0.1) is 18.3 Å². The average Bonchev–Trinajstić information content (AvgIpc) is 2.75. The average molecular weight is 233 g/mol. The molecule has 0 aliphatic heterocycles. The van der Waals surface area contributed by atoms with E-state index in [1.807, 2.05) is 24.7 Å². The molecule has 0 bridgehead atoms. The van der Waals surface area contributed by atoms with Gasteiger partial charge in [-0.2, -0.15) is 5.10 Å². The molecule has 1 aromatic carbocycles. The molecule has 0 saturated heterocycles. The fraction of sp³-hybridized carbons (Fsp3) is 0.308. The highest BCUT2D eigenvalue weighted by Crippen LogP contribution is 2.23. The number of nitrogens with two attached hydrogens (primary N) is 1.